The fourth-order valence-corrected chi connectivity index (χ4v) is 1.13. The first-order valence-electron chi connectivity index (χ1n) is 5.47. The Labute approximate surface area is 128 Å². The van der Waals surface area contributed by atoms with E-state index in [-0.39, 0.29) is 0 Å². The molecule has 0 aromatic heterocycles. The Morgan fingerprint density at radius 1 is 0.680 bits per heavy atom. The average molecular weight is 408 g/mol. The molecule has 0 amide bonds. The Morgan fingerprint density at radius 3 is 1.36 bits per heavy atom. The molecule has 3 nitrogen and oxygen atoms in total. The van der Waals surface area contributed by atoms with Crippen LogP contribution < -0.4 is 0 Å². The van der Waals surface area contributed by atoms with Gasteiger partial charge in [-0.2, -0.15) is 57.1 Å². The normalized spacial score (nSPS) is 15.3. The molecule has 0 radical (unpaired) electrons. The van der Waals surface area contributed by atoms with Crippen LogP contribution >= 0.6 is 0 Å². The van der Waals surface area contributed by atoms with Crippen LogP contribution in [0.1, 0.15) is 0 Å². The van der Waals surface area contributed by atoms with E-state index in [0.29, 0.717) is 0 Å². The fourth-order valence-electron chi connectivity index (χ4n) is 1.13. The molecule has 0 unspecified atom stereocenters. The van der Waals surface area contributed by atoms with E-state index >= 15 is 0 Å². The van der Waals surface area contributed by atoms with E-state index in [1.54, 1.807) is 0 Å². The van der Waals surface area contributed by atoms with Gasteiger partial charge >= 0.3 is 41.8 Å². The highest BCUT2D eigenvalue weighted by atomic mass is 19.4. The van der Waals surface area contributed by atoms with Crippen LogP contribution in [0.25, 0.3) is 0 Å². The summed E-state index contributed by atoms with van der Waals surface area (Å²) in [6, 6.07) is 0. The summed E-state index contributed by atoms with van der Waals surface area (Å²) in [5.74, 6) is -42.3. The lowest BCUT2D eigenvalue weighted by molar-refractivity contribution is -0.437. The van der Waals surface area contributed by atoms with Gasteiger partial charge in [0.1, 0.15) is 6.61 Å². The summed E-state index contributed by atoms with van der Waals surface area (Å²) in [6.45, 7) is -2.85. The van der Waals surface area contributed by atoms with E-state index in [4.69, 9.17) is 5.11 Å². The molecule has 0 heterocycles. The summed E-state index contributed by atoms with van der Waals surface area (Å²) in [4.78, 5) is 10.5. The minimum atomic E-state index is -8.08. The van der Waals surface area contributed by atoms with Crippen molar-refractivity contribution in [2.45, 2.75) is 35.8 Å². The second-order valence-corrected chi connectivity index (χ2v) is 4.23. The molecule has 0 spiro atoms. The molecule has 0 aromatic carbocycles. The monoisotopic (exact) mass is 408 g/mol. The van der Waals surface area contributed by atoms with Gasteiger partial charge in [-0.05, 0) is 0 Å². The summed E-state index contributed by atoms with van der Waals surface area (Å²) in [5.41, 5.74) is 0. The zero-order valence-electron chi connectivity index (χ0n) is 11.1. The lowest BCUT2D eigenvalue weighted by Gasteiger charge is -2.38. The quantitative estimate of drug-likeness (QED) is 0.520. The van der Waals surface area contributed by atoms with Gasteiger partial charge in [0.2, 0.25) is 0 Å². The molecule has 0 fully saturated rings. The van der Waals surface area contributed by atoms with Crippen molar-refractivity contribution in [1.29, 1.82) is 0 Å². The second kappa shape index (κ2) is 6.35. The van der Waals surface area contributed by atoms with Gasteiger partial charge in [0, 0.05) is 0 Å². The SMILES string of the molecule is O=C(OCCO)C(F)(F)C(F)(F)C(F)(F)C(F)(F)C(F)(F)C(F)(F)F. The van der Waals surface area contributed by atoms with Gasteiger partial charge in [-0.1, -0.05) is 0 Å². The molecule has 25 heavy (non-hydrogen) atoms. The maximum Gasteiger partial charge on any atom is 0.460 e. The first-order valence-corrected chi connectivity index (χ1v) is 5.47. The minimum absolute atomic E-state index is 1.33. The van der Waals surface area contributed by atoms with Gasteiger partial charge in [-0.15, -0.1) is 0 Å². The van der Waals surface area contributed by atoms with Crippen molar-refractivity contribution in [1.82, 2.24) is 0 Å². The zero-order valence-corrected chi connectivity index (χ0v) is 11.1. The topological polar surface area (TPSA) is 46.5 Å². The van der Waals surface area contributed by atoms with Crippen LogP contribution in [0, 0.1) is 0 Å². The number of alkyl halides is 13. The van der Waals surface area contributed by atoms with Crippen molar-refractivity contribution in [3.8, 4) is 0 Å². The highest BCUT2D eigenvalue weighted by molar-refractivity contribution is 5.79. The number of aliphatic hydroxyl groups excluding tert-OH is 1. The molecule has 16 heteroatoms. The Morgan fingerprint density at radius 2 is 1.04 bits per heavy atom. The molecule has 1 N–H and O–H groups in total. The van der Waals surface area contributed by atoms with Gasteiger partial charge in [-0.25, -0.2) is 4.79 Å². The standard InChI is InChI=1S/C9H5F13O3/c10-4(11,3(24)25-2-1-23)5(12,13)6(14,15)7(16,17)8(18,19)9(20,21)22/h23H,1-2H2. The predicted octanol–water partition coefficient (Wildman–Crippen LogP) is 3.26. The van der Waals surface area contributed by atoms with Gasteiger partial charge < -0.3 is 9.84 Å². The van der Waals surface area contributed by atoms with Gasteiger partial charge in [0.05, 0.1) is 6.61 Å². The molecule has 150 valence electrons. The van der Waals surface area contributed by atoms with Crippen LogP contribution in [0.4, 0.5) is 57.1 Å². The average Bonchev–Trinajstić information content (AvgIpc) is 2.42. The van der Waals surface area contributed by atoms with Crippen molar-refractivity contribution in [2.75, 3.05) is 13.2 Å². The molecule has 0 bridgehead atoms. The lowest BCUT2D eigenvalue weighted by Crippen LogP contribution is -2.71. The Kier molecular flexibility index (Phi) is 5.98. The number of aliphatic hydroxyl groups is 1. The van der Waals surface area contributed by atoms with Crippen LogP contribution in [0.3, 0.4) is 0 Å². The third-order valence-corrected chi connectivity index (χ3v) is 2.51. The second-order valence-electron chi connectivity index (χ2n) is 4.23. The molecular formula is C9H5F13O3. The van der Waals surface area contributed by atoms with E-state index < -0.39 is 55.0 Å². The predicted molar refractivity (Wildman–Crippen MR) is 48.8 cm³/mol. The van der Waals surface area contributed by atoms with Crippen molar-refractivity contribution in [2.24, 2.45) is 0 Å². The molecule has 0 rings (SSSR count). The Bertz CT molecular complexity index is 495. The Balaban J connectivity index is 6.16. The minimum Gasteiger partial charge on any atom is -0.459 e. The zero-order chi connectivity index (χ0) is 20.7. The number of ether oxygens (including phenoxy) is 1. The smallest absolute Gasteiger partial charge is 0.459 e. The molecule has 0 saturated heterocycles. The number of hydrogen-bond acceptors (Lipinski definition) is 3. The summed E-state index contributed by atoms with van der Waals surface area (Å²) >= 11 is 0. The van der Waals surface area contributed by atoms with E-state index in [0.717, 1.165) is 0 Å². The first-order chi connectivity index (χ1) is 10.7. The summed E-state index contributed by atoms with van der Waals surface area (Å²) in [6.07, 6.45) is -7.53. The van der Waals surface area contributed by atoms with Gasteiger partial charge in [-0.3, -0.25) is 0 Å². The number of carbonyl (C=O) groups excluding carboxylic acids is 1. The summed E-state index contributed by atoms with van der Waals surface area (Å²) < 4.78 is 167. The van der Waals surface area contributed by atoms with Gasteiger partial charge in [0.25, 0.3) is 0 Å². The van der Waals surface area contributed by atoms with Crippen LogP contribution in [0.2, 0.25) is 0 Å². The maximum atomic E-state index is 13.0. The molecule has 0 atom stereocenters. The molecule has 0 aliphatic carbocycles. The van der Waals surface area contributed by atoms with E-state index in [2.05, 4.69) is 4.74 Å². The molecule has 0 aliphatic heterocycles. The number of esters is 1. The van der Waals surface area contributed by atoms with Crippen molar-refractivity contribution in [3.05, 3.63) is 0 Å². The molecule has 0 aromatic rings. The van der Waals surface area contributed by atoms with E-state index in [1.165, 1.54) is 0 Å². The molecule has 0 saturated carbocycles. The third-order valence-electron chi connectivity index (χ3n) is 2.51. The number of halogens is 13. The van der Waals surface area contributed by atoms with Gasteiger partial charge in [0.15, 0.2) is 0 Å². The highest BCUT2D eigenvalue weighted by Gasteiger charge is 2.92. The molecular weight excluding hydrogens is 403 g/mol. The first kappa shape index (κ1) is 23.5. The lowest BCUT2D eigenvalue weighted by atomic mass is 9.94. The highest BCUT2D eigenvalue weighted by Crippen LogP contribution is 2.60. The number of hydrogen-bond donors (Lipinski definition) is 1. The molecule has 0 aliphatic rings. The summed E-state index contributed by atoms with van der Waals surface area (Å²) in [7, 11) is 0. The van der Waals surface area contributed by atoms with Crippen LogP contribution in [-0.2, 0) is 9.53 Å². The number of rotatable bonds is 7. The van der Waals surface area contributed by atoms with E-state index in [9.17, 15) is 61.9 Å². The summed E-state index contributed by atoms with van der Waals surface area (Å²) in [5, 5.41) is 8.07. The van der Waals surface area contributed by atoms with Crippen LogP contribution in [0.15, 0.2) is 0 Å². The van der Waals surface area contributed by atoms with Crippen molar-refractivity contribution < 1.29 is 71.7 Å². The largest absolute Gasteiger partial charge is 0.460 e. The van der Waals surface area contributed by atoms with Crippen LogP contribution in [-0.4, -0.2) is 60.1 Å². The van der Waals surface area contributed by atoms with Crippen molar-refractivity contribution >= 4 is 5.97 Å². The fraction of sp³-hybridized carbons (Fsp3) is 0.889. The Hall–Kier alpha value is -1.48. The van der Waals surface area contributed by atoms with Crippen molar-refractivity contribution in [3.63, 3.8) is 0 Å². The maximum absolute atomic E-state index is 13.0. The number of carbonyl (C=O) groups is 1. The van der Waals surface area contributed by atoms with Crippen LogP contribution in [0.5, 0.6) is 0 Å². The van der Waals surface area contributed by atoms with E-state index in [1.807, 2.05) is 0 Å². The third kappa shape index (κ3) is 3.31.